The first-order valence-electron chi connectivity index (χ1n) is 6.63. The van der Waals surface area contributed by atoms with Crippen LogP contribution in [-0.2, 0) is 6.42 Å². The highest BCUT2D eigenvalue weighted by Gasteiger charge is 2.15. The summed E-state index contributed by atoms with van der Waals surface area (Å²) in [5, 5.41) is 3.47. The number of rotatable bonds is 5. The van der Waals surface area contributed by atoms with E-state index in [0.717, 1.165) is 12.1 Å². The van der Waals surface area contributed by atoms with Gasteiger partial charge in [-0.25, -0.2) is 13.2 Å². The summed E-state index contributed by atoms with van der Waals surface area (Å²) in [4.78, 5) is 0. The van der Waals surface area contributed by atoms with Gasteiger partial charge in [0, 0.05) is 11.1 Å². The van der Waals surface area contributed by atoms with Gasteiger partial charge in [0.15, 0.2) is 11.6 Å². The maximum Gasteiger partial charge on any atom is 0.159 e. The Morgan fingerprint density at radius 3 is 2.38 bits per heavy atom. The predicted molar refractivity (Wildman–Crippen MR) is 77.9 cm³/mol. The lowest BCUT2D eigenvalue weighted by Crippen LogP contribution is -2.23. The maximum atomic E-state index is 13.9. The molecular formula is C16H15ClF3N. The molecule has 1 N–H and O–H groups in total. The topological polar surface area (TPSA) is 12.0 Å². The summed E-state index contributed by atoms with van der Waals surface area (Å²) in [6.45, 7) is 2.52. The maximum absolute atomic E-state index is 13.9. The van der Waals surface area contributed by atoms with E-state index < -0.39 is 17.5 Å². The molecule has 1 atom stereocenters. The third-order valence-corrected chi connectivity index (χ3v) is 3.47. The summed E-state index contributed by atoms with van der Waals surface area (Å²) < 4.78 is 40.2. The fourth-order valence-corrected chi connectivity index (χ4v) is 2.35. The Bertz CT molecular complexity index is 631. The lowest BCUT2D eigenvalue weighted by atomic mass is 9.98. The molecule has 0 aliphatic carbocycles. The van der Waals surface area contributed by atoms with Crippen LogP contribution in [0, 0.1) is 17.5 Å². The monoisotopic (exact) mass is 313 g/mol. The van der Waals surface area contributed by atoms with Crippen molar-refractivity contribution in [3.05, 3.63) is 70.0 Å². The molecule has 0 saturated carbocycles. The molecule has 2 rings (SSSR count). The number of likely N-dealkylation sites (N-methyl/N-ethyl adjacent to an activating group) is 1. The van der Waals surface area contributed by atoms with E-state index in [1.807, 2.05) is 6.92 Å². The fraction of sp³-hybridized carbons (Fsp3) is 0.250. The zero-order valence-corrected chi connectivity index (χ0v) is 12.2. The van der Waals surface area contributed by atoms with Crippen LogP contribution in [0.1, 0.15) is 24.1 Å². The zero-order chi connectivity index (χ0) is 15.4. The lowest BCUT2D eigenvalue weighted by Gasteiger charge is -2.19. The average molecular weight is 314 g/mol. The molecule has 0 aromatic heterocycles. The highest BCUT2D eigenvalue weighted by Crippen LogP contribution is 2.23. The molecule has 0 amide bonds. The second-order valence-electron chi connectivity index (χ2n) is 4.72. The average Bonchev–Trinajstić information content (AvgIpc) is 2.44. The van der Waals surface area contributed by atoms with E-state index in [2.05, 4.69) is 5.32 Å². The molecule has 0 bridgehead atoms. The standard InChI is InChI=1S/C16H15ClF3N/c1-2-21-16(11-4-6-13(18)15(20)7-11)8-10-3-5-12(17)9-14(10)19/h3-7,9,16,21H,2,8H2,1H3. The molecule has 2 aromatic rings. The van der Waals surface area contributed by atoms with E-state index in [4.69, 9.17) is 11.6 Å². The largest absolute Gasteiger partial charge is 0.310 e. The summed E-state index contributed by atoms with van der Waals surface area (Å²) in [6, 6.07) is 7.85. The Morgan fingerprint density at radius 2 is 1.76 bits per heavy atom. The SMILES string of the molecule is CCNC(Cc1ccc(Cl)cc1F)c1ccc(F)c(F)c1. The van der Waals surface area contributed by atoms with Crippen LogP contribution in [0.15, 0.2) is 36.4 Å². The van der Waals surface area contributed by atoms with Gasteiger partial charge in [-0.2, -0.15) is 0 Å². The van der Waals surface area contributed by atoms with Gasteiger partial charge in [-0.15, -0.1) is 0 Å². The lowest BCUT2D eigenvalue weighted by molar-refractivity contribution is 0.494. The van der Waals surface area contributed by atoms with Crippen molar-refractivity contribution in [2.45, 2.75) is 19.4 Å². The van der Waals surface area contributed by atoms with E-state index >= 15 is 0 Å². The summed E-state index contributed by atoms with van der Waals surface area (Å²) in [7, 11) is 0. The van der Waals surface area contributed by atoms with Crippen LogP contribution in [-0.4, -0.2) is 6.54 Å². The van der Waals surface area contributed by atoms with Crippen LogP contribution in [0.4, 0.5) is 13.2 Å². The Balaban J connectivity index is 2.28. The molecule has 1 unspecified atom stereocenters. The fourth-order valence-electron chi connectivity index (χ4n) is 2.19. The molecule has 0 heterocycles. The molecule has 0 spiro atoms. The second-order valence-corrected chi connectivity index (χ2v) is 5.16. The Labute approximate surface area is 126 Å². The van der Waals surface area contributed by atoms with Gasteiger partial charge in [-0.1, -0.05) is 30.7 Å². The van der Waals surface area contributed by atoms with Crippen LogP contribution < -0.4 is 5.32 Å². The van der Waals surface area contributed by atoms with Crippen molar-refractivity contribution in [2.75, 3.05) is 6.54 Å². The first-order chi connectivity index (χ1) is 10.0. The molecule has 21 heavy (non-hydrogen) atoms. The molecule has 0 fully saturated rings. The first-order valence-corrected chi connectivity index (χ1v) is 7.01. The van der Waals surface area contributed by atoms with Gasteiger partial charge in [0.05, 0.1) is 0 Å². The van der Waals surface area contributed by atoms with Crippen molar-refractivity contribution < 1.29 is 13.2 Å². The van der Waals surface area contributed by atoms with Crippen molar-refractivity contribution in [2.24, 2.45) is 0 Å². The molecular weight excluding hydrogens is 299 g/mol. The van der Waals surface area contributed by atoms with E-state index in [1.54, 1.807) is 12.1 Å². The third kappa shape index (κ3) is 3.99. The van der Waals surface area contributed by atoms with Gasteiger partial charge in [-0.05, 0) is 48.4 Å². The minimum Gasteiger partial charge on any atom is -0.310 e. The minimum absolute atomic E-state index is 0.305. The minimum atomic E-state index is -0.910. The molecule has 0 radical (unpaired) electrons. The van der Waals surface area contributed by atoms with Crippen molar-refractivity contribution in [1.82, 2.24) is 5.32 Å². The van der Waals surface area contributed by atoms with Gasteiger partial charge in [0.2, 0.25) is 0 Å². The van der Waals surface area contributed by atoms with Crippen LogP contribution in [0.3, 0.4) is 0 Å². The highest BCUT2D eigenvalue weighted by molar-refractivity contribution is 6.30. The van der Waals surface area contributed by atoms with Crippen molar-refractivity contribution in [3.8, 4) is 0 Å². The van der Waals surface area contributed by atoms with E-state index in [-0.39, 0.29) is 6.04 Å². The Hall–Kier alpha value is -1.52. The second kappa shape index (κ2) is 6.96. The van der Waals surface area contributed by atoms with Gasteiger partial charge >= 0.3 is 0 Å². The normalized spacial score (nSPS) is 12.4. The quantitative estimate of drug-likeness (QED) is 0.847. The van der Waals surface area contributed by atoms with E-state index in [9.17, 15) is 13.2 Å². The summed E-state index contributed by atoms with van der Waals surface area (Å²) in [6.07, 6.45) is 0.321. The highest BCUT2D eigenvalue weighted by atomic mass is 35.5. The molecule has 0 saturated heterocycles. The number of hydrogen-bond acceptors (Lipinski definition) is 1. The van der Waals surface area contributed by atoms with E-state index in [0.29, 0.717) is 29.1 Å². The van der Waals surface area contributed by atoms with Crippen molar-refractivity contribution >= 4 is 11.6 Å². The summed E-state index contributed by atoms with van der Waals surface area (Å²) in [5.41, 5.74) is 1.04. The summed E-state index contributed by atoms with van der Waals surface area (Å²) in [5.74, 6) is -2.22. The smallest absolute Gasteiger partial charge is 0.159 e. The molecule has 112 valence electrons. The summed E-state index contributed by atoms with van der Waals surface area (Å²) >= 11 is 5.72. The van der Waals surface area contributed by atoms with Crippen LogP contribution in [0.25, 0.3) is 0 Å². The number of hydrogen-bond donors (Lipinski definition) is 1. The first kappa shape index (κ1) is 15.9. The Morgan fingerprint density at radius 1 is 1.00 bits per heavy atom. The number of benzene rings is 2. The third-order valence-electron chi connectivity index (χ3n) is 3.24. The Kier molecular flexibility index (Phi) is 5.26. The zero-order valence-electron chi connectivity index (χ0n) is 11.5. The van der Waals surface area contributed by atoms with Gasteiger partial charge in [-0.3, -0.25) is 0 Å². The van der Waals surface area contributed by atoms with Crippen molar-refractivity contribution in [3.63, 3.8) is 0 Å². The molecule has 1 nitrogen and oxygen atoms in total. The van der Waals surface area contributed by atoms with E-state index in [1.165, 1.54) is 12.1 Å². The predicted octanol–water partition coefficient (Wildman–Crippen LogP) is 4.65. The van der Waals surface area contributed by atoms with Crippen molar-refractivity contribution in [1.29, 1.82) is 0 Å². The number of nitrogens with one attached hydrogen (secondary N) is 1. The van der Waals surface area contributed by atoms with Gasteiger partial charge in [0.1, 0.15) is 5.82 Å². The molecule has 0 aliphatic rings. The number of halogens is 4. The molecule has 2 aromatic carbocycles. The van der Waals surface area contributed by atoms with Crippen LogP contribution in [0.2, 0.25) is 5.02 Å². The molecule has 0 aliphatic heterocycles. The van der Waals surface area contributed by atoms with Crippen LogP contribution >= 0.6 is 11.6 Å². The van der Waals surface area contributed by atoms with Gasteiger partial charge < -0.3 is 5.32 Å². The molecule has 5 heteroatoms. The van der Waals surface area contributed by atoms with Crippen LogP contribution in [0.5, 0.6) is 0 Å². The van der Waals surface area contributed by atoms with Gasteiger partial charge in [0.25, 0.3) is 0 Å².